The molecule has 1 aromatic rings. The maximum atomic E-state index is 11.7. The van der Waals surface area contributed by atoms with Crippen LogP contribution in [0.4, 0.5) is 10.5 Å². The smallest absolute Gasteiger partial charge is 0.412 e. The van der Waals surface area contributed by atoms with Crippen molar-refractivity contribution in [1.82, 2.24) is 0 Å². The van der Waals surface area contributed by atoms with E-state index in [0.717, 1.165) is 11.3 Å². The molecule has 0 unspecified atom stereocenters. The molecule has 18 heavy (non-hydrogen) atoms. The molecule has 0 aliphatic rings. The Hall–Kier alpha value is -1.23. The summed E-state index contributed by atoms with van der Waals surface area (Å²) in [5, 5.41) is 3.31. The maximum Gasteiger partial charge on any atom is 0.412 e. The Morgan fingerprint density at radius 1 is 1.39 bits per heavy atom. The van der Waals surface area contributed by atoms with E-state index in [1.807, 2.05) is 39.0 Å². The number of benzene rings is 1. The Kier molecular flexibility index (Phi) is 5.02. The maximum absolute atomic E-state index is 11.7. The van der Waals surface area contributed by atoms with E-state index in [0.29, 0.717) is 11.0 Å². The van der Waals surface area contributed by atoms with Crippen molar-refractivity contribution in [3.8, 4) is 5.75 Å². The minimum atomic E-state index is -0.516. The van der Waals surface area contributed by atoms with Crippen LogP contribution < -0.4 is 10.1 Å². The van der Waals surface area contributed by atoms with Crippen LogP contribution in [-0.2, 0) is 10.1 Å². The molecule has 0 aliphatic carbocycles. The number of methoxy groups -OCH3 is 1. The average Bonchev–Trinajstić information content (AvgIpc) is 2.25. The van der Waals surface area contributed by atoms with Gasteiger partial charge in [0.15, 0.2) is 0 Å². The molecular formula is C13H18BrNO3. The summed E-state index contributed by atoms with van der Waals surface area (Å²) < 4.78 is 10.4. The number of nitrogens with one attached hydrogen (secondary N) is 1. The summed E-state index contributed by atoms with van der Waals surface area (Å²) in [4.78, 5) is 11.7. The van der Waals surface area contributed by atoms with Crippen molar-refractivity contribution in [3.63, 3.8) is 0 Å². The van der Waals surface area contributed by atoms with Crippen molar-refractivity contribution in [1.29, 1.82) is 0 Å². The van der Waals surface area contributed by atoms with Gasteiger partial charge in [-0.05, 0) is 32.9 Å². The van der Waals surface area contributed by atoms with Crippen molar-refractivity contribution in [2.24, 2.45) is 0 Å². The molecule has 0 bridgehead atoms. The molecule has 100 valence electrons. The summed E-state index contributed by atoms with van der Waals surface area (Å²) in [6.45, 7) is 5.47. The second-order valence-electron chi connectivity index (χ2n) is 4.75. The molecule has 0 saturated carbocycles. The Morgan fingerprint density at radius 2 is 2.06 bits per heavy atom. The van der Waals surface area contributed by atoms with E-state index in [2.05, 4.69) is 21.2 Å². The standard InChI is InChI=1S/C13H18BrNO3/c1-13(2,3)18-12(16)15-10-6-5-7-11(17-4)9(10)8-14/h5-7H,8H2,1-4H3,(H,15,16). The van der Waals surface area contributed by atoms with Gasteiger partial charge in [0.2, 0.25) is 0 Å². The van der Waals surface area contributed by atoms with Crippen molar-refractivity contribution in [2.75, 3.05) is 12.4 Å². The zero-order valence-electron chi connectivity index (χ0n) is 11.0. The van der Waals surface area contributed by atoms with Gasteiger partial charge < -0.3 is 9.47 Å². The molecule has 0 heterocycles. The largest absolute Gasteiger partial charge is 0.496 e. The summed E-state index contributed by atoms with van der Waals surface area (Å²) in [7, 11) is 1.60. The number of hydrogen-bond donors (Lipinski definition) is 1. The predicted molar refractivity (Wildman–Crippen MR) is 75.5 cm³/mol. The number of halogens is 1. The molecule has 5 heteroatoms. The molecule has 0 aliphatic heterocycles. The van der Waals surface area contributed by atoms with Gasteiger partial charge >= 0.3 is 6.09 Å². The molecule has 4 nitrogen and oxygen atoms in total. The van der Waals surface area contributed by atoms with Gasteiger partial charge in [0.25, 0.3) is 0 Å². The molecule has 0 radical (unpaired) electrons. The lowest BCUT2D eigenvalue weighted by Gasteiger charge is -2.20. The number of amides is 1. The highest BCUT2D eigenvalue weighted by atomic mass is 79.9. The van der Waals surface area contributed by atoms with Crippen LogP contribution in [0.1, 0.15) is 26.3 Å². The first kappa shape index (κ1) is 14.8. The third-order valence-corrected chi connectivity index (χ3v) is 2.68. The molecule has 1 N–H and O–H groups in total. The number of ether oxygens (including phenoxy) is 2. The summed E-state index contributed by atoms with van der Waals surface area (Å²) in [6, 6.07) is 5.47. The third kappa shape index (κ3) is 4.22. The summed E-state index contributed by atoms with van der Waals surface area (Å²) >= 11 is 3.38. The van der Waals surface area contributed by atoms with Crippen LogP contribution in [0.2, 0.25) is 0 Å². The molecule has 1 rings (SSSR count). The fourth-order valence-corrected chi connectivity index (χ4v) is 2.00. The lowest BCUT2D eigenvalue weighted by molar-refractivity contribution is 0.0636. The number of alkyl halides is 1. The first-order valence-corrected chi connectivity index (χ1v) is 6.71. The van der Waals surface area contributed by atoms with Gasteiger partial charge in [-0.2, -0.15) is 0 Å². The fraction of sp³-hybridized carbons (Fsp3) is 0.462. The molecule has 0 aromatic heterocycles. The molecule has 0 fully saturated rings. The average molecular weight is 316 g/mol. The van der Waals surface area contributed by atoms with Gasteiger partial charge in [0, 0.05) is 10.9 Å². The van der Waals surface area contributed by atoms with E-state index in [-0.39, 0.29) is 0 Å². The first-order chi connectivity index (χ1) is 8.37. The van der Waals surface area contributed by atoms with Crippen LogP contribution in [0, 0.1) is 0 Å². The van der Waals surface area contributed by atoms with Gasteiger partial charge in [-0.3, -0.25) is 5.32 Å². The Labute approximate surface area is 116 Å². The van der Waals surface area contributed by atoms with E-state index in [1.54, 1.807) is 7.11 Å². The third-order valence-electron chi connectivity index (χ3n) is 2.12. The van der Waals surface area contributed by atoms with Crippen LogP contribution in [-0.4, -0.2) is 18.8 Å². The van der Waals surface area contributed by atoms with Crippen LogP contribution in [0.3, 0.4) is 0 Å². The summed E-state index contributed by atoms with van der Waals surface area (Å²) in [6.07, 6.45) is -0.474. The molecule has 1 aromatic carbocycles. The van der Waals surface area contributed by atoms with Crippen LogP contribution in [0.15, 0.2) is 18.2 Å². The number of anilines is 1. The number of rotatable bonds is 3. The van der Waals surface area contributed by atoms with E-state index in [9.17, 15) is 4.79 Å². The normalized spacial score (nSPS) is 10.9. The molecule has 0 spiro atoms. The lowest BCUT2D eigenvalue weighted by Crippen LogP contribution is -2.27. The lowest BCUT2D eigenvalue weighted by atomic mass is 10.2. The molecule has 0 atom stereocenters. The zero-order chi connectivity index (χ0) is 13.8. The predicted octanol–water partition coefficient (Wildman–Crippen LogP) is 3.94. The summed E-state index contributed by atoms with van der Waals surface area (Å²) in [5.41, 5.74) is 1.05. The van der Waals surface area contributed by atoms with E-state index >= 15 is 0 Å². The van der Waals surface area contributed by atoms with Crippen molar-refractivity contribution in [3.05, 3.63) is 23.8 Å². The topological polar surface area (TPSA) is 47.6 Å². The van der Waals surface area contributed by atoms with E-state index in [1.165, 1.54) is 0 Å². The molecular weight excluding hydrogens is 298 g/mol. The first-order valence-electron chi connectivity index (χ1n) is 5.59. The molecule has 1 amide bonds. The monoisotopic (exact) mass is 315 g/mol. The van der Waals surface area contributed by atoms with Gasteiger partial charge in [0.1, 0.15) is 11.4 Å². The Bertz CT molecular complexity index is 427. The minimum Gasteiger partial charge on any atom is -0.496 e. The van der Waals surface area contributed by atoms with E-state index < -0.39 is 11.7 Å². The number of carbonyl (C=O) groups is 1. The second-order valence-corrected chi connectivity index (χ2v) is 5.31. The quantitative estimate of drug-likeness (QED) is 0.859. The van der Waals surface area contributed by atoms with Gasteiger partial charge in [-0.25, -0.2) is 4.79 Å². The second kappa shape index (κ2) is 6.09. The molecule has 0 saturated heterocycles. The van der Waals surface area contributed by atoms with Gasteiger partial charge in [0.05, 0.1) is 12.8 Å². The van der Waals surface area contributed by atoms with Crippen molar-refractivity contribution >= 4 is 27.7 Å². The Balaban J connectivity index is 2.87. The number of hydrogen-bond acceptors (Lipinski definition) is 3. The minimum absolute atomic E-state index is 0.474. The van der Waals surface area contributed by atoms with Crippen molar-refractivity contribution in [2.45, 2.75) is 31.7 Å². The summed E-state index contributed by atoms with van der Waals surface area (Å²) in [5.74, 6) is 0.723. The highest BCUT2D eigenvalue weighted by molar-refractivity contribution is 9.08. The van der Waals surface area contributed by atoms with Gasteiger partial charge in [-0.1, -0.05) is 22.0 Å². The zero-order valence-corrected chi connectivity index (χ0v) is 12.6. The SMILES string of the molecule is COc1cccc(NC(=O)OC(C)(C)C)c1CBr. The Morgan fingerprint density at radius 3 is 2.56 bits per heavy atom. The van der Waals surface area contributed by atoms with Crippen LogP contribution in [0.5, 0.6) is 5.75 Å². The van der Waals surface area contributed by atoms with Crippen molar-refractivity contribution < 1.29 is 14.3 Å². The highest BCUT2D eigenvalue weighted by Gasteiger charge is 2.17. The van der Waals surface area contributed by atoms with Gasteiger partial charge in [-0.15, -0.1) is 0 Å². The van der Waals surface area contributed by atoms with Crippen LogP contribution in [0.25, 0.3) is 0 Å². The highest BCUT2D eigenvalue weighted by Crippen LogP contribution is 2.28. The van der Waals surface area contributed by atoms with E-state index in [4.69, 9.17) is 9.47 Å². The fourth-order valence-electron chi connectivity index (χ4n) is 1.43. The van der Waals surface area contributed by atoms with Crippen LogP contribution >= 0.6 is 15.9 Å². The number of carbonyl (C=O) groups excluding carboxylic acids is 1.